The SMILES string of the molecule is CC(C)(C)OC(=O)n1ccc(OCCC(C)(C)C(F)(F)F)n1.CC(C)(CCOc1ccn[nH]1)C(F)(F)F. The molecule has 8 nitrogen and oxygen atoms in total. The van der Waals surface area contributed by atoms with Gasteiger partial charge in [-0.3, -0.25) is 0 Å². The molecule has 0 radical (unpaired) electrons. The van der Waals surface area contributed by atoms with Crippen LogP contribution < -0.4 is 9.47 Å². The lowest BCUT2D eigenvalue weighted by Gasteiger charge is -2.27. The average molecular weight is 545 g/mol. The van der Waals surface area contributed by atoms with E-state index in [-0.39, 0.29) is 31.9 Å². The summed E-state index contributed by atoms with van der Waals surface area (Å²) < 4.78 is 91.6. The topological polar surface area (TPSA) is 91.3 Å². The zero-order chi connectivity index (χ0) is 28.7. The summed E-state index contributed by atoms with van der Waals surface area (Å²) in [5.41, 5.74) is -4.24. The van der Waals surface area contributed by atoms with Crippen molar-refractivity contribution >= 4 is 6.09 Å². The summed E-state index contributed by atoms with van der Waals surface area (Å²) >= 11 is 0. The van der Waals surface area contributed by atoms with Crippen LogP contribution in [0.3, 0.4) is 0 Å². The van der Waals surface area contributed by atoms with E-state index < -0.39 is 34.9 Å². The van der Waals surface area contributed by atoms with E-state index in [9.17, 15) is 31.1 Å². The van der Waals surface area contributed by atoms with E-state index in [0.717, 1.165) is 32.4 Å². The molecule has 0 aliphatic heterocycles. The number of hydrogen-bond acceptors (Lipinski definition) is 6. The quantitative estimate of drug-likeness (QED) is 0.368. The Kier molecular flexibility index (Phi) is 10.5. The molecule has 0 atom stereocenters. The van der Waals surface area contributed by atoms with Crippen molar-refractivity contribution < 1.29 is 45.3 Å². The van der Waals surface area contributed by atoms with Crippen molar-refractivity contribution in [2.24, 2.45) is 10.8 Å². The number of hydrogen-bond donors (Lipinski definition) is 1. The summed E-state index contributed by atoms with van der Waals surface area (Å²) in [7, 11) is 0. The Hall–Kier alpha value is -2.93. The number of rotatable bonds is 8. The third-order valence-electron chi connectivity index (χ3n) is 5.12. The van der Waals surface area contributed by atoms with Gasteiger partial charge in [-0.15, -0.1) is 5.10 Å². The molecule has 2 heterocycles. The number of carbonyl (C=O) groups excluding carboxylic acids is 1. The minimum Gasteiger partial charge on any atom is -0.478 e. The highest BCUT2D eigenvalue weighted by Gasteiger charge is 2.47. The van der Waals surface area contributed by atoms with Gasteiger partial charge in [0.1, 0.15) is 5.60 Å². The van der Waals surface area contributed by atoms with Gasteiger partial charge in [-0.05, 0) is 33.6 Å². The molecule has 0 aliphatic carbocycles. The zero-order valence-electron chi connectivity index (χ0n) is 21.9. The fourth-order valence-electron chi connectivity index (χ4n) is 2.23. The van der Waals surface area contributed by atoms with Crippen LogP contribution in [0.15, 0.2) is 24.5 Å². The maximum Gasteiger partial charge on any atom is 0.435 e. The number of aromatic nitrogens is 4. The number of ether oxygens (including phenoxy) is 3. The fraction of sp³-hybridized carbons (Fsp3) is 0.696. The Morgan fingerprint density at radius 3 is 1.81 bits per heavy atom. The standard InChI is InChI=1S/C14H21F3N2O3.C9H13F3N2O/c1-12(2,3)22-11(20)19-8-6-10(18-19)21-9-7-13(4,5)14(15,16)17;1-8(2,9(10,11)12)4-6-15-7-3-5-13-14-7/h6,8H,7,9H2,1-5H3;3,5H,4,6H2,1-2H3,(H,13,14). The van der Waals surface area contributed by atoms with Crippen LogP contribution in [0.5, 0.6) is 11.8 Å². The molecule has 0 spiro atoms. The van der Waals surface area contributed by atoms with E-state index in [0.29, 0.717) is 5.88 Å². The minimum absolute atomic E-state index is 0.00863. The third kappa shape index (κ3) is 10.9. The first-order chi connectivity index (χ1) is 16.6. The fourth-order valence-corrected chi connectivity index (χ4v) is 2.23. The van der Waals surface area contributed by atoms with E-state index in [1.807, 2.05) is 0 Å². The van der Waals surface area contributed by atoms with Crippen LogP contribution in [-0.2, 0) is 4.74 Å². The van der Waals surface area contributed by atoms with Crippen molar-refractivity contribution in [3.8, 4) is 11.8 Å². The van der Waals surface area contributed by atoms with Crippen LogP contribution >= 0.6 is 0 Å². The molecule has 0 saturated heterocycles. The van der Waals surface area contributed by atoms with E-state index in [2.05, 4.69) is 15.3 Å². The summed E-state index contributed by atoms with van der Waals surface area (Å²) in [6.07, 6.45) is -6.68. The lowest BCUT2D eigenvalue weighted by molar-refractivity contribution is -0.215. The highest BCUT2D eigenvalue weighted by atomic mass is 19.4. The van der Waals surface area contributed by atoms with E-state index in [4.69, 9.17) is 14.2 Å². The van der Waals surface area contributed by atoms with Crippen molar-refractivity contribution in [2.45, 2.75) is 79.3 Å². The number of halogens is 6. The number of alkyl halides is 6. The summed E-state index contributed by atoms with van der Waals surface area (Å²) in [4.78, 5) is 11.7. The second kappa shape index (κ2) is 12.1. The average Bonchev–Trinajstić information content (AvgIpc) is 3.37. The second-order valence-electron chi connectivity index (χ2n) is 10.5. The largest absolute Gasteiger partial charge is 0.478 e. The van der Waals surface area contributed by atoms with Gasteiger partial charge < -0.3 is 14.2 Å². The van der Waals surface area contributed by atoms with E-state index >= 15 is 0 Å². The smallest absolute Gasteiger partial charge is 0.435 e. The molecule has 2 rings (SSSR count). The van der Waals surface area contributed by atoms with Crippen LogP contribution in [0, 0.1) is 10.8 Å². The van der Waals surface area contributed by atoms with Gasteiger partial charge >= 0.3 is 18.4 Å². The molecule has 0 aliphatic rings. The minimum atomic E-state index is -4.30. The Morgan fingerprint density at radius 2 is 1.38 bits per heavy atom. The molecule has 0 aromatic carbocycles. The Balaban J connectivity index is 0.000000397. The molecular weight excluding hydrogens is 510 g/mol. The van der Waals surface area contributed by atoms with Crippen molar-refractivity contribution in [3.63, 3.8) is 0 Å². The first kappa shape index (κ1) is 32.1. The number of nitrogens with zero attached hydrogens (tertiary/aromatic N) is 3. The molecule has 1 N–H and O–H groups in total. The van der Waals surface area contributed by atoms with Gasteiger partial charge in [0.25, 0.3) is 0 Å². The van der Waals surface area contributed by atoms with Crippen LogP contribution in [0.1, 0.15) is 61.3 Å². The van der Waals surface area contributed by atoms with Gasteiger partial charge in [-0.25, -0.2) is 9.89 Å². The van der Waals surface area contributed by atoms with Crippen molar-refractivity contribution in [1.29, 1.82) is 0 Å². The predicted molar refractivity (Wildman–Crippen MR) is 122 cm³/mol. The molecule has 37 heavy (non-hydrogen) atoms. The number of nitrogens with one attached hydrogen (secondary N) is 1. The third-order valence-corrected chi connectivity index (χ3v) is 5.12. The maximum atomic E-state index is 12.7. The number of H-pyrrole nitrogens is 1. The van der Waals surface area contributed by atoms with Crippen molar-refractivity contribution in [2.75, 3.05) is 13.2 Å². The number of aromatic amines is 1. The normalized spacial score (nSPS) is 13.0. The first-order valence-corrected chi connectivity index (χ1v) is 11.3. The lowest BCUT2D eigenvalue weighted by Crippen LogP contribution is -2.33. The highest BCUT2D eigenvalue weighted by molar-refractivity contribution is 5.69. The summed E-state index contributed by atoms with van der Waals surface area (Å²) in [6, 6.07) is 2.95. The second-order valence-corrected chi connectivity index (χ2v) is 10.5. The predicted octanol–water partition coefficient (Wildman–Crippen LogP) is 6.79. The Bertz CT molecular complexity index is 961. The van der Waals surface area contributed by atoms with Gasteiger partial charge in [-0.2, -0.15) is 36.1 Å². The summed E-state index contributed by atoms with van der Waals surface area (Å²) in [5, 5.41) is 9.94. The van der Waals surface area contributed by atoms with Crippen LogP contribution in [0.4, 0.5) is 31.1 Å². The molecule has 0 unspecified atom stereocenters. The molecule has 212 valence electrons. The highest BCUT2D eigenvalue weighted by Crippen LogP contribution is 2.41. The molecule has 14 heteroatoms. The van der Waals surface area contributed by atoms with Crippen LogP contribution in [0.25, 0.3) is 0 Å². The molecular formula is C23H34F6N4O4. The molecule has 2 aromatic heterocycles. The van der Waals surface area contributed by atoms with Gasteiger partial charge in [0.05, 0.1) is 30.2 Å². The van der Waals surface area contributed by atoms with E-state index in [1.54, 1.807) is 26.8 Å². The molecule has 0 saturated carbocycles. The van der Waals surface area contributed by atoms with Crippen LogP contribution in [-0.4, -0.2) is 57.2 Å². The molecule has 2 aromatic rings. The molecule has 0 bridgehead atoms. The first-order valence-electron chi connectivity index (χ1n) is 11.3. The summed E-state index contributed by atoms with van der Waals surface area (Å²) in [6.45, 7) is 9.52. The number of carbonyl (C=O) groups is 1. The lowest BCUT2D eigenvalue weighted by atomic mass is 9.89. The Morgan fingerprint density at radius 1 is 0.865 bits per heavy atom. The molecule has 0 fully saturated rings. The summed E-state index contributed by atoms with van der Waals surface area (Å²) in [5.74, 6) is 0.455. The van der Waals surface area contributed by atoms with Gasteiger partial charge in [0.15, 0.2) is 0 Å². The maximum absolute atomic E-state index is 12.7. The monoisotopic (exact) mass is 544 g/mol. The Labute approximate surface area is 211 Å². The zero-order valence-corrected chi connectivity index (χ0v) is 21.9. The van der Waals surface area contributed by atoms with Crippen molar-refractivity contribution in [1.82, 2.24) is 20.0 Å². The molecule has 0 amide bonds. The van der Waals surface area contributed by atoms with Gasteiger partial charge in [0.2, 0.25) is 11.8 Å². The van der Waals surface area contributed by atoms with Crippen LogP contribution in [0.2, 0.25) is 0 Å². The van der Waals surface area contributed by atoms with Crippen molar-refractivity contribution in [3.05, 3.63) is 24.5 Å². The van der Waals surface area contributed by atoms with Gasteiger partial charge in [-0.1, -0.05) is 27.7 Å². The van der Waals surface area contributed by atoms with Gasteiger partial charge in [0, 0.05) is 18.3 Å². The van der Waals surface area contributed by atoms with E-state index in [1.165, 1.54) is 18.5 Å².